The third kappa shape index (κ3) is 4.44. The summed E-state index contributed by atoms with van der Waals surface area (Å²) in [4.78, 5) is 10.4. The fraction of sp³-hybridized carbons (Fsp3) is 0.208. The Kier molecular flexibility index (Phi) is 5.31. The highest BCUT2D eigenvalue weighted by atomic mass is 15.1. The van der Waals surface area contributed by atoms with Gasteiger partial charge in [0, 0.05) is 42.9 Å². The lowest BCUT2D eigenvalue weighted by Crippen LogP contribution is -2.25. The molecule has 4 rings (SSSR count). The molecule has 0 radical (unpaired) electrons. The molecule has 0 atom stereocenters. The molecule has 0 fully saturated rings. The Morgan fingerprint density at radius 2 is 1.70 bits per heavy atom. The molecule has 4 aromatic rings. The minimum atomic E-state index is 0.858. The fourth-order valence-corrected chi connectivity index (χ4v) is 3.50. The van der Waals surface area contributed by atoms with E-state index >= 15 is 0 Å². The predicted octanol–water partition coefficient (Wildman–Crippen LogP) is 5.12. The first kappa shape index (κ1) is 17.5. The largest absolute Gasteiger partial charge is 0.361 e. The fourth-order valence-electron chi connectivity index (χ4n) is 3.50. The molecule has 2 heterocycles. The zero-order valence-corrected chi connectivity index (χ0v) is 15.7. The lowest BCUT2D eigenvalue weighted by molar-refractivity contribution is 0.257. The molecule has 0 aliphatic rings. The number of fused-ring (bicyclic) bond motifs is 1. The third-order valence-corrected chi connectivity index (χ3v) is 5.01. The van der Waals surface area contributed by atoms with Gasteiger partial charge in [0.25, 0.3) is 0 Å². The molecule has 2 aromatic heterocycles. The Balaban J connectivity index is 1.50. The molecular weight excluding hydrogens is 330 g/mol. The van der Waals surface area contributed by atoms with Crippen LogP contribution in [0.3, 0.4) is 0 Å². The Hall–Kier alpha value is -2.91. The van der Waals surface area contributed by atoms with E-state index in [1.165, 1.54) is 27.6 Å². The van der Waals surface area contributed by atoms with Crippen molar-refractivity contribution in [2.24, 2.45) is 0 Å². The third-order valence-electron chi connectivity index (χ3n) is 5.01. The summed E-state index contributed by atoms with van der Waals surface area (Å²) in [5.74, 6) is 0. The van der Waals surface area contributed by atoms with Crippen molar-refractivity contribution in [1.82, 2.24) is 14.9 Å². The summed E-state index contributed by atoms with van der Waals surface area (Å²) in [6, 6.07) is 23.5. The van der Waals surface area contributed by atoms with E-state index in [4.69, 9.17) is 0 Å². The first-order valence-corrected chi connectivity index (χ1v) is 9.51. The summed E-state index contributed by atoms with van der Waals surface area (Å²) in [6.07, 6.45) is 5.04. The summed E-state index contributed by atoms with van der Waals surface area (Å²) in [5, 5.41) is 1.32. The van der Waals surface area contributed by atoms with Gasteiger partial charge in [0.15, 0.2) is 0 Å². The molecule has 0 amide bonds. The van der Waals surface area contributed by atoms with Crippen molar-refractivity contribution >= 4 is 10.9 Å². The van der Waals surface area contributed by atoms with Crippen LogP contribution < -0.4 is 0 Å². The molecule has 0 saturated carbocycles. The van der Waals surface area contributed by atoms with E-state index in [1.54, 1.807) is 0 Å². The van der Waals surface area contributed by atoms with Gasteiger partial charge >= 0.3 is 0 Å². The number of aromatic amines is 1. The normalized spacial score (nSPS) is 11.3. The van der Waals surface area contributed by atoms with Crippen LogP contribution in [0.2, 0.25) is 0 Å². The Morgan fingerprint density at radius 3 is 2.52 bits per heavy atom. The number of rotatable bonds is 7. The summed E-state index contributed by atoms with van der Waals surface area (Å²) >= 11 is 0. The zero-order valence-electron chi connectivity index (χ0n) is 15.7. The van der Waals surface area contributed by atoms with Gasteiger partial charge in [0.05, 0.1) is 5.69 Å². The van der Waals surface area contributed by atoms with Gasteiger partial charge in [-0.15, -0.1) is 0 Å². The second-order valence-corrected chi connectivity index (χ2v) is 7.13. The van der Waals surface area contributed by atoms with Crippen LogP contribution in [-0.4, -0.2) is 21.4 Å². The Morgan fingerprint density at radius 1 is 0.889 bits per heavy atom. The van der Waals surface area contributed by atoms with E-state index in [0.717, 1.165) is 31.7 Å². The number of nitrogens with one attached hydrogen (secondary N) is 1. The highest BCUT2D eigenvalue weighted by Crippen LogP contribution is 2.19. The Labute approximate surface area is 160 Å². The van der Waals surface area contributed by atoms with Gasteiger partial charge in [-0.05, 0) is 42.7 Å². The number of H-pyrrole nitrogens is 1. The van der Waals surface area contributed by atoms with Crippen molar-refractivity contribution in [1.29, 1.82) is 0 Å². The molecular formula is C24H25N3. The van der Waals surface area contributed by atoms with Crippen molar-refractivity contribution in [3.05, 3.63) is 102 Å². The quantitative estimate of drug-likeness (QED) is 0.499. The van der Waals surface area contributed by atoms with E-state index < -0.39 is 0 Å². The molecule has 0 saturated heterocycles. The zero-order chi connectivity index (χ0) is 18.5. The minimum absolute atomic E-state index is 0.858. The van der Waals surface area contributed by atoms with E-state index in [-0.39, 0.29) is 0 Å². The van der Waals surface area contributed by atoms with E-state index in [0.29, 0.717) is 0 Å². The van der Waals surface area contributed by atoms with Crippen LogP contribution in [0, 0.1) is 6.92 Å². The van der Waals surface area contributed by atoms with Gasteiger partial charge in [0.2, 0.25) is 0 Å². The number of pyridine rings is 1. The summed E-state index contributed by atoms with van der Waals surface area (Å²) < 4.78 is 0. The van der Waals surface area contributed by atoms with E-state index in [9.17, 15) is 0 Å². The van der Waals surface area contributed by atoms with E-state index in [1.807, 2.05) is 12.3 Å². The standard InChI is InChI=1S/C24H25N3/c1-19-9-11-20(12-10-19)17-27(18-22-6-4-5-14-25-22)15-13-21-16-26-24-8-3-2-7-23(21)24/h2-12,14,16,26H,13,15,17-18H2,1H3. The van der Waals surface area contributed by atoms with Crippen LogP contribution in [0.15, 0.2) is 79.1 Å². The SMILES string of the molecule is Cc1ccc(CN(CCc2c[nH]c3ccccc23)Cc2ccccn2)cc1. The Bertz CT molecular complexity index is 987. The maximum Gasteiger partial charge on any atom is 0.0544 e. The van der Waals surface area contributed by atoms with Crippen LogP contribution in [0.5, 0.6) is 0 Å². The number of aromatic nitrogens is 2. The van der Waals surface area contributed by atoms with Crippen LogP contribution in [0.4, 0.5) is 0 Å². The summed E-state index contributed by atoms with van der Waals surface area (Å²) in [5.41, 5.74) is 6.34. The number of aryl methyl sites for hydroxylation is 1. The molecule has 1 N–H and O–H groups in total. The van der Waals surface area contributed by atoms with Crippen LogP contribution in [0.25, 0.3) is 10.9 Å². The topological polar surface area (TPSA) is 31.9 Å². The predicted molar refractivity (Wildman–Crippen MR) is 112 cm³/mol. The molecule has 136 valence electrons. The van der Waals surface area contributed by atoms with Crippen molar-refractivity contribution in [3.63, 3.8) is 0 Å². The smallest absolute Gasteiger partial charge is 0.0544 e. The maximum atomic E-state index is 4.52. The number of hydrogen-bond acceptors (Lipinski definition) is 2. The van der Waals surface area contributed by atoms with Gasteiger partial charge in [-0.2, -0.15) is 0 Å². The molecule has 0 aliphatic heterocycles. The number of nitrogens with zero attached hydrogens (tertiary/aromatic N) is 2. The van der Waals surface area contributed by atoms with E-state index in [2.05, 4.69) is 88.7 Å². The van der Waals surface area contributed by atoms with Crippen LogP contribution in [0.1, 0.15) is 22.4 Å². The first-order chi connectivity index (χ1) is 13.3. The van der Waals surface area contributed by atoms with Crippen molar-refractivity contribution in [2.45, 2.75) is 26.4 Å². The van der Waals surface area contributed by atoms with Crippen molar-refractivity contribution < 1.29 is 0 Å². The molecule has 27 heavy (non-hydrogen) atoms. The first-order valence-electron chi connectivity index (χ1n) is 9.51. The van der Waals surface area contributed by atoms with Gasteiger partial charge in [-0.3, -0.25) is 9.88 Å². The molecule has 2 aromatic carbocycles. The average Bonchev–Trinajstić information content (AvgIpc) is 3.12. The van der Waals surface area contributed by atoms with Crippen molar-refractivity contribution in [3.8, 4) is 0 Å². The molecule has 3 heteroatoms. The van der Waals surface area contributed by atoms with Gasteiger partial charge in [-0.1, -0.05) is 54.1 Å². The van der Waals surface area contributed by atoms with Crippen LogP contribution in [-0.2, 0) is 19.5 Å². The molecule has 0 aliphatic carbocycles. The summed E-state index contributed by atoms with van der Waals surface area (Å²) in [6.45, 7) is 4.91. The highest BCUT2D eigenvalue weighted by molar-refractivity contribution is 5.83. The van der Waals surface area contributed by atoms with Gasteiger partial charge < -0.3 is 4.98 Å². The van der Waals surface area contributed by atoms with Gasteiger partial charge in [-0.25, -0.2) is 0 Å². The number of benzene rings is 2. The molecule has 3 nitrogen and oxygen atoms in total. The van der Waals surface area contributed by atoms with Crippen molar-refractivity contribution in [2.75, 3.05) is 6.54 Å². The maximum absolute atomic E-state index is 4.52. The van der Waals surface area contributed by atoms with Gasteiger partial charge in [0.1, 0.15) is 0 Å². The molecule has 0 bridgehead atoms. The second-order valence-electron chi connectivity index (χ2n) is 7.13. The lowest BCUT2D eigenvalue weighted by Gasteiger charge is -2.22. The molecule has 0 unspecified atom stereocenters. The molecule has 0 spiro atoms. The van der Waals surface area contributed by atoms with Crippen LogP contribution >= 0.6 is 0 Å². The number of para-hydroxylation sites is 1. The minimum Gasteiger partial charge on any atom is -0.361 e. The second kappa shape index (κ2) is 8.19. The monoisotopic (exact) mass is 355 g/mol. The lowest BCUT2D eigenvalue weighted by atomic mass is 10.1. The highest BCUT2D eigenvalue weighted by Gasteiger charge is 2.10. The average molecular weight is 355 g/mol. The number of hydrogen-bond donors (Lipinski definition) is 1. The summed E-state index contributed by atoms with van der Waals surface area (Å²) in [7, 11) is 0.